The Kier molecular flexibility index (Phi) is 4.73. The van der Waals surface area contributed by atoms with Gasteiger partial charge >= 0.3 is 0 Å². The van der Waals surface area contributed by atoms with Gasteiger partial charge in [0.2, 0.25) is 0 Å². The van der Waals surface area contributed by atoms with Gasteiger partial charge in [-0.05, 0) is 49.2 Å². The zero-order valence-corrected chi connectivity index (χ0v) is 16.5. The van der Waals surface area contributed by atoms with Gasteiger partial charge in [0.15, 0.2) is 5.75 Å². The summed E-state index contributed by atoms with van der Waals surface area (Å²) in [5.74, 6) is 5.34. The first-order chi connectivity index (χ1) is 11.8. The molecule has 0 radical (unpaired) electrons. The summed E-state index contributed by atoms with van der Waals surface area (Å²) in [4.78, 5) is 4.49. The molecule has 0 fully saturated rings. The van der Waals surface area contributed by atoms with Crippen LogP contribution in [0.2, 0.25) is 19.6 Å². The number of anilines is 2. The fourth-order valence-electron chi connectivity index (χ4n) is 2.48. The van der Waals surface area contributed by atoms with E-state index >= 15 is 0 Å². The predicted molar refractivity (Wildman–Crippen MR) is 105 cm³/mol. The highest BCUT2D eigenvalue weighted by Gasteiger charge is 2.14. The van der Waals surface area contributed by atoms with Gasteiger partial charge in [0, 0.05) is 11.3 Å². The smallest absolute Gasteiger partial charge is 0.259 e. The molecule has 0 bridgehead atoms. The number of hydrogen-bond donors (Lipinski definition) is 1. The maximum atomic E-state index is 5.55. The van der Waals surface area contributed by atoms with Crippen molar-refractivity contribution in [2.45, 2.75) is 33.5 Å². The molecule has 1 aliphatic heterocycles. The fourth-order valence-corrected chi connectivity index (χ4v) is 2.99. The molecule has 0 unspecified atom stereocenters. The van der Waals surface area contributed by atoms with E-state index in [9.17, 15) is 0 Å². The first-order valence-electron chi connectivity index (χ1n) is 8.50. The molecule has 0 atom stereocenters. The Morgan fingerprint density at radius 2 is 1.80 bits per heavy atom. The lowest BCUT2D eigenvalue weighted by molar-refractivity contribution is 0.164. The molecule has 0 aliphatic carbocycles. The second-order valence-corrected chi connectivity index (χ2v) is 12.1. The molecule has 1 aromatic carbocycles. The van der Waals surface area contributed by atoms with Gasteiger partial charge in [-0.1, -0.05) is 25.6 Å². The van der Waals surface area contributed by atoms with Crippen LogP contribution in [0, 0.1) is 25.3 Å². The van der Waals surface area contributed by atoms with Crippen molar-refractivity contribution < 1.29 is 9.47 Å². The van der Waals surface area contributed by atoms with Gasteiger partial charge in [-0.25, -0.2) is 0 Å². The number of nitrogens with zero attached hydrogens (tertiary/aromatic N) is 1. The van der Waals surface area contributed by atoms with Crippen molar-refractivity contribution in [2.75, 3.05) is 18.5 Å². The molecule has 3 rings (SSSR count). The van der Waals surface area contributed by atoms with Crippen molar-refractivity contribution in [1.29, 1.82) is 0 Å². The lowest BCUT2D eigenvalue weighted by Gasteiger charge is -2.18. The lowest BCUT2D eigenvalue weighted by atomic mass is 10.0. The minimum Gasteiger partial charge on any atom is -0.484 e. The fraction of sp³-hybridized carbons (Fsp3) is 0.350. The number of ether oxygens (including phenoxy) is 2. The second kappa shape index (κ2) is 6.81. The maximum Gasteiger partial charge on any atom is 0.259 e. The van der Waals surface area contributed by atoms with Crippen LogP contribution < -0.4 is 14.8 Å². The zero-order valence-electron chi connectivity index (χ0n) is 15.5. The summed E-state index contributed by atoms with van der Waals surface area (Å²) in [6.45, 7) is 12.0. The van der Waals surface area contributed by atoms with Crippen molar-refractivity contribution >= 4 is 19.6 Å². The van der Waals surface area contributed by atoms with Gasteiger partial charge in [-0.3, -0.25) is 0 Å². The Morgan fingerprint density at radius 3 is 2.56 bits per heavy atom. The minimum atomic E-state index is -1.38. The minimum absolute atomic E-state index is 0.534. The highest BCUT2D eigenvalue weighted by Crippen LogP contribution is 2.31. The molecule has 25 heavy (non-hydrogen) atoms. The molecular formula is C20H24N2O2Si. The van der Waals surface area contributed by atoms with Crippen molar-refractivity contribution in [3.8, 4) is 23.1 Å². The summed E-state index contributed by atoms with van der Waals surface area (Å²) < 4.78 is 11.1. The number of aryl methyl sites for hydroxylation is 2. The van der Waals surface area contributed by atoms with E-state index in [4.69, 9.17) is 9.47 Å². The van der Waals surface area contributed by atoms with Gasteiger partial charge < -0.3 is 14.8 Å². The van der Waals surface area contributed by atoms with Crippen LogP contribution in [0.15, 0.2) is 24.3 Å². The van der Waals surface area contributed by atoms with Crippen LogP contribution in [0.25, 0.3) is 0 Å². The molecule has 1 N–H and O–H groups in total. The SMILES string of the molecule is Cc1cc(Nc2ccc3c(n2)OCCO3)c(C)cc1C#C[Si](C)(C)C. The zero-order chi connectivity index (χ0) is 18.0. The standard InChI is InChI=1S/C20H24N2O2Si/c1-14-13-17(15(2)12-16(14)8-11-25(3,4)5)21-19-7-6-18-20(22-19)24-10-9-23-18/h6-7,12-13H,9-10H2,1-5H3,(H,21,22). The van der Waals surface area contributed by atoms with Crippen molar-refractivity contribution in [3.05, 3.63) is 41.0 Å². The number of aromatic nitrogens is 1. The van der Waals surface area contributed by atoms with Crippen LogP contribution >= 0.6 is 0 Å². The maximum absolute atomic E-state index is 5.55. The summed E-state index contributed by atoms with van der Waals surface area (Å²) in [5, 5.41) is 3.38. The topological polar surface area (TPSA) is 43.4 Å². The van der Waals surface area contributed by atoms with E-state index in [1.165, 1.54) is 0 Å². The molecule has 4 nitrogen and oxygen atoms in total. The van der Waals surface area contributed by atoms with Gasteiger partial charge in [0.1, 0.15) is 27.1 Å². The third-order valence-electron chi connectivity index (χ3n) is 3.81. The average Bonchev–Trinajstić information content (AvgIpc) is 2.56. The van der Waals surface area contributed by atoms with Crippen LogP contribution in [-0.4, -0.2) is 26.3 Å². The van der Waals surface area contributed by atoms with E-state index < -0.39 is 8.07 Å². The number of rotatable bonds is 2. The molecule has 2 heterocycles. The molecule has 0 spiro atoms. The van der Waals surface area contributed by atoms with Crippen molar-refractivity contribution in [2.24, 2.45) is 0 Å². The summed E-state index contributed by atoms with van der Waals surface area (Å²) in [5.41, 5.74) is 7.87. The molecule has 0 saturated carbocycles. The summed E-state index contributed by atoms with van der Waals surface area (Å²) >= 11 is 0. The Hall–Kier alpha value is -2.45. The van der Waals surface area contributed by atoms with E-state index in [0.29, 0.717) is 24.8 Å². The Balaban J connectivity index is 1.86. The van der Waals surface area contributed by atoms with E-state index in [2.05, 4.69) is 67.4 Å². The number of benzene rings is 1. The normalized spacial score (nSPS) is 13.0. The van der Waals surface area contributed by atoms with Crippen LogP contribution in [0.4, 0.5) is 11.5 Å². The molecular weight excluding hydrogens is 328 g/mol. The highest BCUT2D eigenvalue weighted by molar-refractivity contribution is 6.83. The molecule has 0 amide bonds. The summed E-state index contributed by atoms with van der Waals surface area (Å²) in [7, 11) is -1.38. The first-order valence-corrected chi connectivity index (χ1v) is 12.0. The number of fused-ring (bicyclic) bond motifs is 1. The molecule has 2 aromatic rings. The summed E-state index contributed by atoms with van der Waals surface area (Å²) in [6.07, 6.45) is 0. The van der Waals surface area contributed by atoms with Gasteiger partial charge in [-0.2, -0.15) is 4.98 Å². The average molecular weight is 353 g/mol. The van der Waals surface area contributed by atoms with Crippen LogP contribution in [0.1, 0.15) is 16.7 Å². The number of hydrogen-bond acceptors (Lipinski definition) is 4. The molecule has 5 heteroatoms. The lowest BCUT2D eigenvalue weighted by Crippen LogP contribution is -2.16. The Bertz CT molecular complexity index is 860. The quantitative estimate of drug-likeness (QED) is 0.641. The van der Waals surface area contributed by atoms with Gasteiger partial charge in [-0.15, -0.1) is 5.54 Å². The van der Waals surface area contributed by atoms with E-state index in [-0.39, 0.29) is 0 Å². The van der Waals surface area contributed by atoms with Gasteiger partial charge in [0.05, 0.1) is 0 Å². The van der Waals surface area contributed by atoms with Crippen LogP contribution in [0.3, 0.4) is 0 Å². The third kappa shape index (κ3) is 4.34. The molecule has 0 saturated heterocycles. The number of nitrogens with one attached hydrogen (secondary N) is 1. The van der Waals surface area contributed by atoms with Crippen LogP contribution in [-0.2, 0) is 0 Å². The second-order valence-electron chi connectivity index (χ2n) is 7.30. The van der Waals surface area contributed by atoms with E-state index in [1.807, 2.05) is 12.1 Å². The Labute approximate surface area is 150 Å². The molecule has 1 aromatic heterocycles. The largest absolute Gasteiger partial charge is 0.484 e. The highest BCUT2D eigenvalue weighted by atomic mass is 28.3. The summed E-state index contributed by atoms with van der Waals surface area (Å²) in [6, 6.07) is 8.06. The van der Waals surface area contributed by atoms with E-state index in [1.54, 1.807) is 0 Å². The molecule has 1 aliphatic rings. The predicted octanol–water partition coefficient (Wildman–Crippen LogP) is 4.44. The Morgan fingerprint density at radius 1 is 1.04 bits per heavy atom. The van der Waals surface area contributed by atoms with E-state index in [0.717, 1.165) is 28.2 Å². The van der Waals surface area contributed by atoms with Crippen LogP contribution in [0.5, 0.6) is 11.6 Å². The monoisotopic (exact) mass is 352 g/mol. The van der Waals surface area contributed by atoms with Gasteiger partial charge in [0.25, 0.3) is 5.88 Å². The first kappa shape index (κ1) is 17.4. The third-order valence-corrected chi connectivity index (χ3v) is 4.69. The molecule has 130 valence electrons. The van der Waals surface area contributed by atoms with Crippen molar-refractivity contribution in [3.63, 3.8) is 0 Å². The number of pyridine rings is 1. The van der Waals surface area contributed by atoms with Crippen molar-refractivity contribution in [1.82, 2.24) is 4.98 Å².